The van der Waals surface area contributed by atoms with Gasteiger partial charge in [0.05, 0.1) is 0 Å². The fraction of sp³-hybridized carbons (Fsp3) is 0.529. The Hall–Kier alpha value is -1.55. The van der Waals surface area contributed by atoms with Crippen LogP contribution < -0.4 is 10.2 Å². The van der Waals surface area contributed by atoms with Crippen molar-refractivity contribution in [2.45, 2.75) is 46.1 Å². The third-order valence-electron chi connectivity index (χ3n) is 4.07. The first-order valence-corrected chi connectivity index (χ1v) is 7.90. The van der Waals surface area contributed by atoms with Crippen molar-refractivity contribution in [3.05, 3.63) is 28.8 Å². The van der Waals surface area contributed by atoms with Crippen LogP contribution in [0, 0.1) is 5.92 Å². The number of halogens is 1. The molecule has 0 saturated carbocycles. The number of carbonyl (C=O) groups is 2. The van der Waals surface area contributed by atoms with E-state index in [1.165, 1.54) is 6.92 Å². The lowest BCUT2D eigenvalue weighted by molar-refractivity contribution is -0.127. The van der Waals surface area contributed by atoms with Crippen LogP contribution in [-0.2, 0) is 15.0 Å². The maximum atomic E-state index is 13.0. The van der Waals surface area contributed by atoms with Crippen LogP contribution in [0.1, 0.15) is 40.2 Å². The number of hydrogen-bond acceptors (Lipinski definition) is 2. The van der Waals surface area contributed by atoms with Crippen molar-refractivity contribution in [2.75, 3.05) is 11.4 Å². The third kappa shape index (κ3) is 2.98. The van der Waals surface area contributed by atoms with Crippen molar-refractivity contribution in [3.63, 3.8) is 0 Å². The summed E-state index contributed by atoms with van der Waals surface area (Å²) in [6.07, 6.45) is 0. The van der Waals surface area contributed by atoms with Crippen molar-refractivity contribution in [1.29, 1.82) is 0 Å². The van der Waals surface area contributed by atoms with E-state index in [1.807, 2.05) is 32.0 Å². The van der Waals surface area contributed by atoms with Crippen LogP contribution in [0.2, 0.25) is 5.02 Å². The predicted molar refractivity (Wildman–Crippen MR) is 89.3 cm³/mol. The minimum Gasteiger partial charge on any atom is -0.344 e. The number of benzene rings is 1. The lowest BCUT2D eigenvalue weighted by Gasteiger charge is -2.28. The topological polar surface area (TPSA) is 49.4 Å². The van der Waals surface area contributed by atoms with Crippen molar-refractivity contribution >= 4 is 29.1 Å². The number of nitrogens with one attached hydrogen (secondary N) is 1. The van der Waals surface area contributed by atoms with E-state index in [4.69, 9.17) is 11.6 Å². The van der Waals surface area contributed by atoms with E-state index >= 15 is 0 Å². The Morgan fingerprint density at radius 1 is 1.32 bits per heavy atom. The van der Waals surface area contributed by atoms with E-state index < -0.39 is 6.04 Å². The number of hydrogen-bond donors (Lipinski definition) is 1. The summed E-state index contributed by atoms with van der Waals surface area (Å²) in [6.45, 7) is 10.0. The third-order valence-corrected chi connectivity index (χ3v) is 4.39. The molecule has 1 atom stereocenters. The summed E-state index contributed by atoms with van der Waals surface area (Å²) in [4.78, 5) is 26.1. The van der Waals surface area contributed by atoms with Crippen LogP contribution in [-0.4, -0.2) is 24.4 Å². The van der Waals surface area contributed by atoms with Gasteiger partial charge in [-0.25, -0.2) is 0 Å². The van der Waals surface area contributed by atoms with E-state index in [0.717, 1.165) is 11.3 Å². The molecule has 1 aliphatic heterocycles. The quantitative estimate of drug-likeness (QED) is 0.929. The van der Waals surface area contributed by atoms with Gasteiger partial charge < -0.3 is 10.2 Å². The van der Waals surface area contributed by atoms with Gasteiger partial charge in [-0.15, -0.1) is 0 Å². The minimum atomic E-state index is -0.529. The van der Waals surface area contributed by atoms with E-state index in [9.17, 15) is 9.59 Å². The molecule has 0 saturated heterocycles. The van der Waals surface area contributed by atoms with Gasteiger partial charge in [-0.1, -0.05) is 45.4 Å². The molecule has 5 heteroatoms. The summed E-state index contributed by atoms with van der Waals surface area (Å²) in [5, 5.41) is 3.44. The Morgan fingerprint density at radius 2 is 1.95 bits per heavy atom. The second-order valence-corrected chi connectivity index (χ2v) is 7.27. The molecule has 120 valence electrons. The minimum absolute atomic E-state index is 0.0164. The van der Waals surface area contributed by atoms with Gasteiger partial charge in [0.2, 0.25) is 11.8 Å². The fourth-order valence-electron chi connectivity index (χ4n) is 3.06. The molecule has 0 aromatic heterocycles. The molecule has 1 aromatic rings. The first kappa shape index (κ1) is 16.8. The molecule has 1 aliphatic rings. The van der Waals surface area contributed by atoms with E-state index in [1.54, 1.807) is 4.90 Å². The van der Waals surface area contributed by atoms with Crippen LogP contribution in [0.15, 0.2) is 18.2 Å². The van der Waals surface area contributed by atoms with Gasteiger partial charge in [0, 0.05) is 35.2 Å². The second kappa shape index (κ2) is 5.92. The number of nitrogens with zero attached hydrogens (tertiary/aromatic N) is 1. The predicted octanol–water partition coefficient (Wildman–Crippen LogP) is 3.12. The SMILES string of the molecule is CC(=O)NC(C(=O)N1CC(C)(C)c2c(Cl)cccc21)C(C)C. The zero-order valence-corrected chi connectivity index (χ0v) is 14.5. The lowest BCUT2D eigenvalue weighted by Crippen LogP contribution is -2.51. The molecule has 0 radical (unpaired) electrons. The highest BCUT2D eigenvalue weighted by Gasteiger charge is 2.41. The number of rotatable bonds is 3. The maximum absolute atomic E-state index is 13.0. The normalized spacial score (nSPS) is 17.3. The molecule has 1 aromatic carbocycles. The van der Waals surface area contributed by atoms with Gasteiger partial charge >= 0.3 is 0 Å². The Morgan fingerprint density at radius 3 is 2.50 bits per heavy atom. The molecule has 2 rings (SSSR count). The molecule has 1 heterocycles. The van der Waals surface area contributed by atoms with Crippen molar-refractivity contribution in [2.24, 2.45) is 5.92 Å². The fourth-order valence-corrected chi connectivity index (χ4v) is 3.49. The summed E-state index contributed by atoms with van der Waals surface area (Å²) in [6, 6.07) is 5.09. The van der Waals surface area contributed by atoms with Crippen molar-refractivity contribution in [1.82, 2.24) is 5.32 Å². The molecule has 0 bridgehead atoms. The number of anilines is 1. The molecule has 0 aliphatic carbocycles. The molecular weight excluding hydrogens is 300 g/mol. The van der Waals surface area contributed by atoms with E-state index in [0.29, 0.717) is 11.6 Å². The Balaban J connectivity index is 2.41. The van der Waals surface area contributed by atoms with Gasteiger partial charge in [0.1, 0.15) is 6.04 Å². The highest BCUT2D eigenvalue weighted by molar-refractivity contribution is 6.32. The van der Waals surface area contributed by atoms with Gasteiger partial charge in [0.25, 0.3) is 0 Å². The molecule has 2 amide bonds. The maximum Gasteiger partial charge on any atom is 0.249 e. The Bertz CT molecular complexity index is 611. The first-order valence-electron chi connectivity index (χ1n) is 7.52. The van der Waals surface area contributed by atoms with Crippen LogP contribution in [0.25, 0.3) is 0 Å². The van der Waals surface area contributed by atoms with Crippen LogP contribution >= 0.6 is 11.6 Å². The van der Waals surface area contributed by atoms with Gasteiger partial charge in [-0.2, -0.15) is 0 Å². The Labute approximate surface area is 136 Å². The monoisotopic (exact) mass is 322 g/mol. The highest BCUT2D eigenvalue weighted by atomic mass is 35.5. The van der Waals surface area contributed by atoms with Gasteiger partial charge in [0.15, 0.2) is 0 Å². The highest BCUT2D eigenvalue weighted by Crippen LogP contribution is 2.44. The van der Waals surface area contributed by atoms with Crippen molar-refractivity contribution < 1.29 is 9.59 Å². The molecular formula is C17H23ClN2O2. The zero-order chi connectivity index (χ0) is 16.7. The Kier molecular flexibility index (Phi) is 4.52. The molecule has 22 heavy (non-hydrogen) atoms. The molecule has 0 fully saturated rings. The van der Waals surface area contributed by atoms with Gasteiger partial charge in [-0.05, 0) is 18.1 Å². The smallest absolute Gasteiger partial charge is 0.249 e. The van der Waals surface area contributed by atoms with Crippen molar-refractivity contribution in [3.8, 4) is 0 Å². The number of carbonyl (C=O) groups excluding carboxylic acids is 2. The second-order valence-electron chi connectivity index (χ2n) is 6.86. The molecule has 1 N–H and O–H groups in total. The van der Waals surface area contributed by atoms with Crippen LogP contribution in [0.3, 0.4) is 0 Å². The summed E-state index contributed by atoms with van der Waals surface area (Å²) >= 11 is 6.34. The van der Waals surface area contributed by atoms with E-state index in [2.05, 4.69) is 19.2 Å². The molecule has 0 spiro atoms. The van der Waals surface area contributed by atoms with Gasteiger partial charge in [-0.3, -0.25) is 9.59 Å². The summed E-state index contributed by atoms with van der Waals surface area (Å²) in [7, 11) is 0. The summed E-state index contributed by atoms with van der Waals surface area (Å²) in [5.74, 6) is -0.265. The zero-order valence-electron chi connectivity index (χ0n) is 13.7. The molecule has 1 unspecified atom stereocenters. The molecule has 4 nitrogen and oxygen atoms in total. The van der Waals surface area contributed by atoms with Crippen LogP contribution in [0.5, 0.6) is 0 Å². The number of fused-ring (bicyclic) bond motifs is 1. The van der Waals surface area contributed by atoms with Crippen LogP contribution in [0.4, 0.5) is 5.69 Å². The summed E-state index contributed by atoms with van der Waals surface area (Å²) < 4.78 is 0. The lowest BCUT2D eigenvalue weighted by atomic mass is 9.87. The average molecular weight is 323 g/mol. The number of amides is 2. The largest absolute Gasteiger partial charge is 0.344 e. The van der Waals surface area contributed by atoms with E-state index in [-0.39, 0.29) is 23.1 Å². The standard InChI is InChI=1S/C17H23ClN2O2/c1-10(2)15(19-11(3)21)16(22)20-9-17(4,5)14-12(18)7-6-8-13(14)20/h6-8,10,15H,9H2,1-5H3,(H,19,21). The first-order chi connectivity index (χ1) is 10.1. The summed E-state index contributed by atoms with van der Waals surface area (Å²) in [5.41, 5.74) is 1.63. The average Bonchev–Trinajstić information content (AvgIpc) is 2.68.